The van der Waals surface area contributed by atoms with Gasteiger partial charge in [-0.1, -0.05) is 34.1 Å². The van der Waals surface area contributed by atoms with Gasteiger partial charge in [0.2, 0.25) is 11.8 Å². The summed E-state index contributed by atoms with van der Waals surface area (Å²) in [5.41, 5.74) is 6.34. The molecule has 0 saturated heterocycles. The minimum Gasteiger partial charge on any atom is -0.368 e. The van der Waals surface area contributed by atoms with Crippen LogP contribution in [0.1, 0.15) is 44.1 Å². The van der Waals surface area contributed by atoms with Gasteiger partial charge in [0.05, 0.1) is 0 Å². The lowest BCUT2D eigenvalue weighted by atomic mass is 9.49. The first kappa shape index (κ1) is 17.1. The fourth-order valence-corrected chi connectivity index (χ4v) is 6.25. The number of hydrogen-bond acceptors (Lipinski definition) is 2. The number of rotatable bonds is 5. The Morgan fingerprint density at radius 3 is 2.20 bits per heavy atom. The first-order valence-corrected chi connectivity index (χ1v) is 10.1. The number of hydrogen-bond donors (Lipinski definition) is 2. The maximum Gasteiger partial charge on any atom is 0.240 e. The topological polar surface area (TPSA) is 72.2 Å². The highest BCUT2D eigenvalue weighted by Gasteiger charge is 2.54. The van der Waals surface area contributed by atoms with Gasteiger partial charge in [0.25, 0.3) is 0 Å². The molecule has 4 aliphatic carbocycles. The van der Waals surface area contributed by atoms with E-state index < -0.39 is 11.9 Å². The van der Waals surface area contributed by atoms with E-state index in [9.17, 15) is 9.59 Å². The average molecular weight is 405 g/mol. The Balaban J connectivity index is 1.50. The molecule has 0 aromatic heterocycles. The Labute approximate surface area is 157 Å². The fourth-order valence-electron chi connectivity index (χ4n) is 5.81. The third kappa shape index (κ3) is 3.23. The third-order valence-electron chi connectivity index (χ3n) is 6.55. The van der Waals surface area contributed by atoms with Crippen molar-refractivity contribution in [2.24, 2.45) is 28.9 Å². The third-order valence-corrected chi connectivity index (χ3v) is 7.32. The fraction of sp³-hybridized carbons (Fsp3) is 0.600. The maximum absolute atomic E-state index is 13.2. The standard InChI is InChI=1S/C20H25BrN2O2/c21-16-4-2-1-3-15(16)8-17(18(22)24)23-19(25)20-9-12-5-13(10-20)7-14(6-12)11-20/h1-4,12-14,17H,5-11H2,(H2,22,24)(H,23,25)/t12?,13?,14?,17-,20?/m1/s1. The van der Waals surface area contributed by atoms with E-state index in [1.807, 2.05) is 24.3 Å². The molecule has 0 heterocycles. The summed E-state index contributed by atoms with van der Waals surface area (Å²) in [6.45, 7) is 0. The van der Waals surface area contributed by atoms with Gasteiger partial charge in [0.1, 0.15) is 6.04 Å². The Morgan fingerprint density at radius 1 is 1.12 bits per heavy atom. The molecule has 0 unspecified atom stereocenters. The molecule has 4 saturated carbocycles. The molecule has 4 nitrogen and oxygen atoms in total. The average Bonchev–Trinajstić information content (AvgIpc) is 2.54. The second-order valence-electron chi connectivity index (χ2n) is 8.42. The van der Waals surface area contributed by atoms with Gasteiger partial charge in [-0.05, 0) is 67.9 Å². The largest absolute Gasteiger partial charge is 0.368 e. The predicted octanol–water partition coefficient (Wildman–Crippen LogP) is 3.18. The first-order chi connectivity index (χ1) is 11.9. The smallest absolute Gasteiger partial charge is 0.240 e. The van der Waals surface area contributed by atoms with Gasteiger partial charge < -0.3 is 11.1 Å². The summed E-state index contributed by atoms with van der Waals surface area (Å²) >= 11 is 3.51. The number of halogens is 1. The van der Waals surface area contributed by atoms with Crippen LogP contribution in [0.4, 0.5) is 0 Å². The second-order valence-corrected chi connectivity index (χ2v) is 9.28. The zero-order valence-electron chi connectivity index (χ0n) is 14.3. The van der Waals surface area contributed by atoms with Crippen LogP contribution in [0.2, 0.25) is 0 Å². The molecule has 3 N–H and O–H groups in total. The monoisotopic (exact) mass is 404 g/mol. The highest BCUT2D eigenvalue weighted by Crippen LogP contribution is 2.60. The highest BCUT2D eigenvalue weighted by molar-refractivity contribution is 9.10. The van der Waals surface area contributed by atoms with Crippen LogP contribution in [0.3, 0.4) is 0 Å². The van der Waals surface area contributed by atoms with Crippen molar-refractivity contribution in [3.8, 4) is 0 Å². The van der Waals surface area contributed by atoms with Gasteiger partial charge in [-0.15, -0.1) is 0 Å². The van der Waals surface area contributed by atoms with Gasteiger partial charge in [-0.25, -0.2) is 0 Å². The van der Waals surface area contributed by atoms with Gasteiger partial charge in [0, 0.05) is 16.3 Å². The minimum absolute atomic E-state index is 0.0578. The van der Waals surface area contributed by atoms with Crippen LogP contribution in [0.15, 0.2) is 28.7 Å². The Kier molecular flexibility index (Phi) is 4.38. The van der Waals surface area contributed by atoms with Gasteiger partial charge >= 0.3 is 0 Å². The summed E-state index contributed by atoms with van der Waals surface area (Å²) in [5, 5.41) is 3.01. The number of benzene rings is 1. The van der Waals surface area contributed by atoms with E-state index in [2.05, 4.69) is 21.2 Å². The van der Waals surface area contributed by atoms with E-state index in [-0.39, 0.29) is 11.3 Å². The first-order valence-electron chi connectivity index (χ1n) is 9.29. The number of nitrogens with two attached hydrogens (primary N) is 1. The van der Waals surface area contributed by atoms with Crippen LogP contribution in [0.5, 0.6) is 0 Å². The maximum atomic E-state index is 13.2. The predicted molar refractivity (Wildman–Crippen MR) is 99.6 cm³/mol. The van der Waals surface area contributed by atoms with Crippen molar-refractivity contribution in [2.75, 3.05) is 0 Å². The molecule has 4 fully saturated rings. The number of carbonyl (C=O) groups excluding carboxylic acids is 2. The second kappa shape index (κ2) is 6.42. The summed E-state index contributed by atoms with van der Waals surface area (Å²) < 4.78 is 0.935. The summed E-state index contributed by atoms with van der Waals surface area (Å²) in [7, 11) is 0. The molecular formula is C20H25BrN2O2. The van der Waals surface area contributed by atoms with Crippen molar-refractivity contribution < 1.29 is 9.59 Å². The summed E-state index contributed by atoms with van der Waals surface area (Å²) in [6.07, 6.45) is 7.28. The van der Waals surface area contributed by atoms with Gasteiger partial charge in [0.15, 0.2) is 0 Å². The van der Waals surface area contributed by atoms with Crippen LogP contribution in [0.25, 0.3) is 0 Å². The van der Waals surface area contributed by atoms with E-state index in [0.29, 0.717) is 24.2 Å². The molecule has 1 aromatic carbocycles. The van der Waals surface area contributed by atoms with Crippen molar-refractivity contribution in [2.45, 2.75) is 51.0 Å². The van der Waals surface area contributed by atoms with Gasteiger partial charge in [-0.2, -0.15) is 0 Å². The summed E-state index contributed by atoms with van der Waals surface area (Å²) in [5.74, 6) is 1.70. The van der Waals surface area contributed by atoms with Crippen LogP contribution in [0, 0.1) is 23.2 Å². The molecule has 1 atom stereocenters. The van der Waals surface area contributed by atoms with Crippen LogP contribution >= 0.6 is 15.9 Å². The highest BCUT2D eigenvalue weighted by atomic mass is 79.9. The number of primary amides is 1. The van der Waals surface area contributed by atoms with Crippen molar-refractivity contribution in [1.29, 1.82) is 0 Å². The number of amides is 2. The molecule has 25 heavy (non-hydrogen) atoms. The van der Waals surface area contributed by atoms with Crippen molar-refractivity contribution in [3.63, 3.8) is 0 Å². The van der Waals surface area contributed by atoms with Crippen molar-refractivity contribution >= 4 is 27.7 Å². The Bertz CT molecular complexity index is 667. The number of carbonyl (C=O) groups is 2. The van der Waals surface area contributed by atoms with E-state index in [0.717, 1.165) is 29.3 Å². The van der Waals surface area contributed by atoms with E-state index in [4.69, 9.17) is 5.73 Å². The van der Waals surface area contributed by atoms with Crippen LogP contribution in [-0.2, 0) is 16.0 Å². The molecule has 5 rings (SSSR count). The quantitative estimate of drug-likeness (QED) is 0.790. The van der Waals surface area contributed by atoms with E-state index >= 15 is 0 Å². The van der Waals surface area contributed by atoms with Gasteiger partial charge in [-0.3, -0.25) is 9.59 Å². The molecule has 134 valence electrons. The lowest BCUT2D eigenvalue weighted by Crippen LogP contribution is -2.57. The number of nitrogens with one attached hydrogen (secondary N) is 1. The molecular weight excluding hydrogens is 380 g/mol. The lowest BCUT2D eigenvalue weighted by Gasteiger charge is -2.55. The zero-order valence-corrected chi connectivity index (χ0v) is 15.9. The minimum atomic E-state index is -0.654. The molecule has 2 amide bonds. The van der Waals surface area contributed by atoms with Crippen molar-refractivity contribution in [3.05, 3.63) is 34.3 Å². The molecule has 0 spiro atoms. The summed E-state index contributed by atoms with van der Waals surface area (Å²) in [4.78, 5) is 25.1. The van der Waals surface area contributed by atoms with Crippen molar-refractivity contribution in [1.82, 2.24) is 5.32 Å². The molecule has 1 aromatic rings. The molecule has 0 aliphatic heterocycles. The Morgan fingerprint density at radius 2 is 1.68 bits per heavy atom. The molecule has 4 aliphatic rings. The molecule has 0 radical (unpaired) electrons. The van der Waals surface area contributed by atoms with E-state index in [1.54, 1.807) is 0 Å². The molecule has 5 heteroatoms. The SMILES string of the molecule is NC(=O)[C@@H](Cc1ccccc1Br)NC(=O)C12CC3CC(CC(C3)C1)C2. The normalized spacial score (nSPS) is 33.9. The summed E-state index contributed by atoms with van der Waals surface area (Å²) in [6, 6.07) is 7.10. The van der Waals surface area contributed by atoms with E-state index in [1.165, 1.54) is 19.3 Å². The van der Waals surface area contributed by atoms with Crippen LogP contribution < -0.4 is 11.1 Å². The zero-order chi connectivity index (χ0) is 17.6. The lowest BCUT2D eigenvalue weighted by molar-refractivity contribution is -0.148. The Hall–Kier alpha value is -1.36. The van der Waals surface area contributed by atoms with Crippen LogP contribution in [-0.4, -0.2) is 17.9 Å². The molecule has 4 bridgehead atoms.